The first-order valence-electron chi connectivity index (χ1n) is 7.92. The Balaban J connectivity index is 1.64. The van der Waals surface area contributed by atoms with Gasteiger partial charge in [0.15, 0.2) is 6.04 Å². The number of esters is 1. The van der Waals surface area contributed by atoms with E-state index in [2.05, 4.69) is 52.2 Å². The summed E-state index contributed by atoms with van der Waals surface area (Å²) in [6.07, 6.45) is 2.92. The lowest BCUT2D eigenvalue weighted by molar-refractivity contribution is -0.676. The molecule has 3 N–H and O–H groups in total. The van der Waals surface area contributed by atoms with Gasteiger partial charge in [0.2, 0.25) is 0 Å². The number of carbonyl (C=O) groups excluding carboxylic acids is 1. The van der Waals surface area contributed by atoms with Crippen LogP contribution in [0.25, 0.3) is 10.9 Å². The first-order chi connectivity index (χ1) is 11.3. The molecule has 1 saturated heterocycles. The van der Waals surface area contributed by atoms with Crippen LogP contribution in [0.4, 0.5) is 0 Å². The van der Waals surface area contributed by atoms with Gasteiger partial charge in [-0.3, -0.25) is 0 Å². The summed E-state index contributed by atoms with van der Waals surface area (Å²) in [5.74, 6) is 0.202. The molecule has 0 radical (unpaired) electrons. The van der Waals surface area contributed by atoms with Gasteiger partial charge < -0.3 is 15.0 Å². The zero-order valence-electron chi connectivity index (χ0n) is 12.7. The summed E-state index contributed by atoms with van der Waals surface area (Å²) in [4.78, 5) is 16.4. The predicted molar refractivity (Wildman–Crippen MR) is 90.6 cm³/mol. The Bertz CT molecular complexity index is 809. The monoisotopic (exact) mass is 327 g/mol. The van der Waals surface area contributed by atoms with Gasteiger partial charge in [-0.25, -0.2) is 4.79 Å². The molecular formula is C18H19N2O2S+. The molecule has 5 heteroatoms. The van der Waals surface area contributed by atoms with Crippen LogP contribution in [0, 0.1) is 0 Å². The van der Waals surface area contributed by atoms with E-state index in [0.717, 1.165) is 18.5 Å². The molecule has 0 saturated carbocycles. The predicted octanol–water partition coefficient (Wildman–Crippen LogP) is 2.24. The number of quaternary nitrogens is 1. The molecule has 0 aliphatic carbocycles. The van der Waals surface area contributed by atoms with Crippen LogP contribution in [-0.2, 0) is 9.53 Å². The summed E-state index contributed by atoms with van der Waals surface area (Å²) in [6.45, 7) is 1.40. The van der Waals surface area contributed by atoms with Crippen LogP contribution in [0.2, 0.25) is 0 Å². The van der Waals surface area contributed by atoms with Crippen molar-refractivity contribution in [1.29, 1.82) is 0 Å². The molecule has 0 bridgehead atoms. The SMILES string of the molecule is O=C1OCC[C@H]1[NH2+]C[C@H](c1cccs1)c1c[nH]c2ccccc12. The molecule has 23 heavy (non-hydrogen) atoms. The van der Waals surface area contributed by atoms with Crippen LogP contribution in [-0.4, -0.2) is 30.1 Å². The number of hydrogen-bond acceptors (Lipinski definition) is 3. The van der Waals surface area contributed by atoms with Gasteiger partial charge in [0.1, 0.15) is 0 Å². The van der Waals surface area contributed by atoms with Crippen molar-refractivity contribution in [3.05, 3.63) is 58.4 Å². The van der Waals surface area contributed by atoms with Gasteiger partial charge >= 0.3 is 5.97 Å². The lowest BCUT2D eigenvalue weighted by Gasteiger charge is -2.15. The topological polar surface area (TPSA) is 58.7 Å². The van der Waals surface area contributed by atoms with Gasteiger partial charge in [-0.1, -0.05) is 24.3 Å². The van der Waals surface area contributed by atoms with Crippen LogP contribution in [0.5, 0.6) is 0 Å². The fourth-order valence-electron chi connectivity index (χ4n) is 3.29. The molecule has 1 aromatic carbocycles. The first-order valence-corrected chi connectivity index (χ1v) is 8.80. The van der Waals surface area contributed by atoms with E-state index in [9.17, 15) is 4.79 Å². The number of hydrogen-bond donors (Lipinski definition) is 2. The molecule has 0 unspecified atom stereocenters. The molecule has 4 rings (SSSR count). The zero-order valence-corrected chi connectivity index (χ0v) is 13.5. The number of benzene rings is 1. The van der Waals surface area contributed by atoms with Gasteiger partial charge in [0.05, 0.1) is 19.1 Å². The smallest absolute Gasteiger partial charge is 0.364 e. The van der Waals surface area contributed by atoms with Crippen molar-refractivity contribution in [2.75, 3.05) is 13.2 Å². The third kappa shape index (κ3) is 2.78. The number of carbonyl (C=O) groups is 1. The Morgan fingerprint density at radius 1 is 1.30 bits per heavy atom. The van der Waals surface area contributed by atoms with Crippen molar-refractivity contribution in [3.63, 3.8) is 0 Å². The molecular weight excluding hydrogens is 308 g/mol. The Labute approximate surface area is 138 Å². The Morgan fingerprint density at radius 3 is 3.00 bits per heavy atom. The van der Waals surface area contributed by atoms with E-state index in [-0.39, 0.29) is 17.9 Å². The van der Waals surface area contributed by atoms with Crippen molar-refractivity contribution in [2.24, 2.45) is 0 Å². The second-order valence-corrected chi connectivity index (χ2v) is 6.87. The van der Waals surface area contributed by atoms with E-state index in [1.54, 1.807) is 11.3 Å². The molecule has 2 aromatic heterocycles. The second kappa shape index (κ2) is 6.18. The summed E-state index contributed by atoms with van der Waals surface area (Å²) in [5.41, 5.74) is 2.45. The summed E-state index contributed by atoms with van der Waals surface area (Å²) in [7, 11) is 0. The minimum Gasteiger partial charge on any atom is -0.461 e. The molecule has 118 valence electrons. The van der Waals surface area contributed by atoms with E-state index in [1.165, 1.54) is 15.8 Å². The maximum absolute atomic E-state index is 11.7. The summed E-state index contributed by atoms with van der Waals surface area (Å²) < 4.78 is 5.08. The highest BCUT2D eigenvalue weighted by atomic mass is 32.1. The number of fused-ring (bicyclic) bond motifs is 1. The average Bonchev–Trinajstić information content (AvgIpc) is 3.30. The Morgan fingerprint density at radius 2 is 2.22 bits per heavy atom. The summed E-state index contributed by atoms with van der Waals surface area (Å²) in [6, 6.07) is 12.6. The van der Waals surface area contributed by atoms with Gasteiger partial charge in [0, 0.05) is 28.4 Å². The van der Waals surface area contributed by atoms with Crippen molar-refractivity contribution < 1.29 is 14.8 Å². The van der Waals surface area contributed by atoms with Crippen LogP contribution < -0.4 is 5.32 Å². The van der Waals surface area contributed by atoms with Crippen molar-refractivity contribution in [1.82, 2.24) is 4.98 Å². The summed E-state index contributed by atoms with van der Waals surface area (Å²) in [5, 5.41) is 5.51. The maximum atomic E-state index is 11.7. The number of para-hydroxylation sites is 1. The van der Waals surface area contributed by atoms with Crippen molar-refractivity contribution in [3.8, 4) is 0 Å². The highest BCUT2D eigenvalue weighted by Crippen LogP contribution is 2.32. The quantitative estimate of drug-likeness (QED) is 0.706. The first kappa shape index (κ1) is 14.5. The number of thiophene rings is 1. The number of H-pyrrole nitrogens is 1. The highest BCUT2D eigenvalue weighted by Gasteiger charge is 2.31. The van der Waals surface area contributed by atoms with Crippen LogP contribution in [0.15, 0.2) is 48.0 Å². The van der Waals surface area contributed by atoms with Crippen LogP contribution >= 0.6 is 11.3 Å². The minimum absolute atomic E-state index is 0.0531. The van der Waals surface area contributed by atoms with Crippen LogP contribution in [0.1, 0.15) is 22.8 Å². The molecule has 0 spiro atoms. The molecule has 3 heterocycles. The van der Waals surface area contributed by atoms with E-state index < -0.39 is 0 Å². The zero-order chi connectivity index (χ0) is 15.6. The Kier molecular flexibility index (Phi) is 3.89. The molecule has 1 aliphatic heterocycles. The Hall–Kier alpha value is -2.11. The summed E-state index contributed by atoms with van der Waals surface area (Å²) >= 11 is 1.77. The van der Waals surface area contributed by atoms with Crippen molar-refractivity contribution in [2.45, 2.75) is 18.4 Å². The molecule has 1 aliphatic rings. The lowest BCUT2D eigenvalue weighted by Crippen LogP contribution is -2.92. The normalized spacial score (nSPS) is 19.1. The number of nitrogens with two attached hydrogens (primary N) is 1. The number of cyclic esters (lactones) is 1. The minimum atomic E-state index is -0.0751. The fourth-order valence-corrected chi connectivity index (χ4v) is 4.15. The molecule has 4 nitrogen and oxygen atoms in total. The highest BCUT2D eigenvalue weighted by molar-refractivity contribution is 7.10. The van der Waals surface area contributed by atoms with Gasteiger partial charge in [-0.2, -0.15) is 0 Å². The number of aromatic nitrogens is 1. The van der Waals surface area contributed by atoms with E-state index in [4.69, 9.17) is 4.74 Å². The van der Waals surface area contributed by atoms with Crippen LogP contribution in [0.3, 0.4) is 0 Å². The average molecular weight is 327 g/mol. The maximum Gasteiger partial charge on any atom is 0.364 e. The molecule has 0 amide bonds. The molecule has 3 aromatic rings. The molecule has 2 atom stereocenters. The van der Waals surface area contributed by atoms with E-state index in [0.29, 0.717) is 6.61 Å². The number of nitrogens with one attached hydrogen (secondary N) is 1. The van der Waals surface area contributed by atoms with E-state index >= 15 is 0 Å². The third-order valence-corrected chi connectivity index (χ3v) is 5.50. The number of ether oxygens (including phenoxy) is 1. The van der Waals surface area contributed by atoms with E-state index in [1.807, 2.05) is 6.07 Å². The van der Waals surface area contributed by atoms with Gasteiger partial charge in [-0.15, -0.1) is 11.3 Å². The fraction of sp³-hybridized carbons (Fsp3) is 0.278. The standard InChI is InChI=1S/C18H18N2O2S/c21-18-16(7-8-22-18)20-11-14(17-6-3-9-23-17)13-10-19-15-5-2-1-4-12(13)15/h1-6,9-10,14,16,19-20H,7-8,11H2/p+1/t14-,16+/m0/s1. The molecule has 1 fully saturated rings. The largest absolute Gasteiger partial charge is 0.461 e. The lowest BCUT2D eigenvalue weighted by atomic mass is 9.96. The number of aromatic amines is 1. The van der Waals surface area contributed by atoms with Crippen molar-refractivity contribution >= 4 is 28.2 Å². The second-order valence-electron chi connectivity index (χ2n) is 5.89. The number of rotatable bonds is 5. The third-order valence-electron chi connectivity index (χ3n) is 4.52. The van der Waals surface area contributed by atoms with Gasteiger partial charge in [0.25, 0.3) is 0 Å². The van der Waals surface area contributed by atoms with Gasteiger partial charge in [-0.05, 0) is 23.1 Å².